The first kappa shape index (κ1) is 39.4. The Morgan fingerprint density at radius 1 is 1.14 bits per heavy atom. The third kappa shape index (κ3) is 8.57. The number of pyridine rings is 1. The predicted octanol–water partition coefficient (Wildman–Crippen LogP) is 2.99. The van der Waals surface area contributed by atoms with E-state index in [9.17, 15) is 19.8 Å². The number of aliphatic hydroxyl groups is 2. The van der Waals surface area contributed by atoms with Crippen molar-refractivity contribution in [3.8, 4) is 0 Å². The van der Waals surface area contributed by atoms with Gasteiger partial charge in [-0.1, -0.05) is 27.7 Å². The van der Waals surface area contributed by atoms with E-state index in [1.54, 1.807) is 45.3 Å². The maximum atomic E-state index is 14.0. The maximum absolute atomic E-state index is 14.0. The number of alkyl carbamates (subject to hydrolysis) is 1. The zero-order chi connectivity index (χ0) is 36.4. The number of hydrogen-bond acceptors (Lipinski definition) is 12. The largest absolute Gasteiger partial charge is 0.459 e. The Labute approximate surface area is 291 Å². The van der Waals surface area contributed by atoms with Gasteiger partial charge in [-0.3, -0.25) is 9.78 Å². The molecule has 2 unspecified atom stereocenters. The highest BCUT2D eigenvalue weighted by Crippen LogP contribution is 2.45. The highest BCUT2D eigenvalue weighted by Gasteiger charge is 2.57. The SMILES string of the molecule is CC[C@@H]1OC(=O)[C@H](C)[C@@H](OC(=O)NCc2ccncc2)[C@H](C)[C@@H](OC2O[C@H](C)C[C@H](N(C)C)[C@H]2O)[C@](C)(O)C[C@@H](C)[C@H]2OC1(C)[C@@H](N)[C@@H]2C. The number of nitrogens with two attached hydrogens (primary N) is 1. The minimum absolute atomic E-state index is 0.105. The van der Waals surface area contributed by atoms with Gasteiger partial charge in [0, 0.05) is 42.9 Å². The molecule has 5 N–H and O–H groups in total. The summed E-state index contributed by atoms with van der Waals surface area (Å²) in [6.45, 7) is 15.0. The molecule has 49 heavy (non-hydrogen) atoms. The lowest BCUT2D eigenvalue weighted by atomic mass is 9.75. The minimum Gasteiger partial charge on any atom is -0.459 e. The normalized spacial score (nSPS) is 43.6. The molecule has 4 heterocycles. The third-order valence-corrected chi connectivity index (χ3v) is 11.2. The number of likely N-dealkylation sites (N-methyl/N-ethyl adjacent to an activating group) is 1. The molecule has 1 aromatic heterocycles. The van der Waals surface area contributed by atoms with Crippen LogP contribution in [0.1, 0.15) is 80.2 Å². The summed E-state index contributed by atoms with van der Waals surface area (Å²) >= 11 is 0. The second-order valence-corrected chi connectivity index (χ2v) is 15.4. The molecule has 13 heteroatoms. The number of ether oxygens (including phenoxy) is 5. The fourth-order valence-corrected chi connectivity index (χ4v) is 8.32. The molecule has 0 radical (unpaired) electrons. The molecule has 15 atom stereocenters. The van der Waals surface area contributed by atoms with Crippen LogP contribution in [-0.4, -0.2) is 112 Å². The molecule has 3 aliphatic heterocycles. The van der Waals surface area contributed by atoms with Crippen LogP contribution in [0.3, 0.4) is 0 Å². The number of carbonyl (C=O) groups is 2. The number of esters is 1. The number of amides is 1. The predicted molar refractivity (Wildman–Crippen MR) is 182 cm³/mol. The molecule has 1 aromatic rings. The van der Waals surface area contributed by atoms with Crippen molar-refractivity contribution in [2.75, 3.05) is 14.1 Å². The van der Waals surface area contributed by atoms with Gasteiger partial charge in [0.05, 0.1) is 29.8 Å². The molecule has 0 spiro atoms. The van der Waals surface area contributed by atoms with Gasteiger partial charge in [-0.2, -0.15) is 0 Å². The monoisotopic (exact) mass is 692 g/mol. The summed E-state index contributed by atoms with van der Waals surface area (Å²) in [5, 5.41) is 26.6. The quantitative estimate of drug-likeness (QED) is 0.308. The Kier molecular flexibility index (Phi) is 12.8. The minimum atomic E-state index is -1.57. The van der Waals surface area contributed by atoms with Crippen LogP contribution in [0.2, 0.25) is 0 Å². The van der Waals surface area contributed by atoms with Gasteiger partial charge in [-0.15, -0.1) is 0 Å². The molecular weight excluding hydrogens is 632 g/mol. The van der Waals surface area contributed by atoms with Crippen molar-refractivity contribution in [2.24, 2.45) is 29.4 Å². The fourth-order valence-electron chi connectivity index (χ4n) is 8.32. The molecule has 278 valence electrons. The van der Waals surface area contributed by atoms with E-state index < -0.39 is 71.8 Å². The highest BCUT2D eigenvalue weighted by molar-refractivity contribution is 5.74. The van der Waals surface area contributed by atoms with Gasteiger partial charge < -0.3 is 49.8 Å². The lowest BCUT2D eigenvalue weighted by molar-refractivity contribution is -0.299. The van der Waals surface area contributed by atoms with E-state index in [0.29, 0.717) is 12.8 Å². The van der Waals surface area contributed by atoms with Crippen molar-refractivity contribution < 1.29 is 43.5 Å². The van der Waals surface area contributed by atoms with Gasteiger partial charge in [0.1, 0.15) is 23.9 Å². The van der Waals surface area contributed by atoms with Crippen molar-refractivity contribution in [3.05, 3.63) is 30.1 Å². The van der Waals surface area contributed by atoms with Crippen LogP contribution in [-0.2, 0) is 35.0 Å². The summed E-state index contributed by atoms with van der Waals surface area (Å²) < 4.78 is 31.7. The molecule has 4 rings (SSSR count). The van der Waals surface area contributed by atoms with E-state index in [1.165, 1.54) is 0 Å². The number of cyclic esters (lactones) is 1. The van der Waals surface area contributed by atoms with E-state index in [2.05, 4.69) is 10.3 Å². The van der Waals surface area contributed by atoms with Crippen molar-refractivity contribution >= 4 is 12.1 Å². The van der Waals surface area contributed by atoms with E-state index in [4.69, 9.17) is 29.4 Å². The Morgan fingerprint density at radius 3 is 2.41 bits per heavy atom. The number of aromatic nitrogens is 1. The van der Waals surface area contributed by atoms with Gasteiger partial charge in [0.15, 0.2) is 6.29 Å². The number of aliphatic hydroxyl groups excluding tert-OH is 1. The fraction of sp³-hybridized carbons (Fsp3) is 0.806. The van der Waals surface area contributed by atoms with E-state index in [0.717, 1.165) is 5.56 Å². The lowest BCUT2D eigenvalue weighted by Gasteiger charge is -2.47. The average Bonchev–Trinajstić information content (AvgIpc) is 3.29. The Bertz CT molecular complexity index is 1250. The molecule has 0 aromatic carbocycles. The lowest BCUT2D eigenvalue weighted by Crippen LogP contribution is -2.59. The van der Waals surface area contributed by atoms with Gasteiger partial charge in [-0.25, -0.2) is 4.79 Å². The summed E-state index contributed by atoms with van der Waals surface area (Å²) in [5.74, 6) is -2.69. The summed E-state index contributed by atoms with van der Waals surface area (Å²) in [5.41, 5.74) is 5.06. The summed E-state index contributed by atoms with van der Waals surface area (Å²) in [6, 6.07) is 2.83. The number of fused-ring (bicyclic) bond motifs is 2. The molecule has 3 saturated heterocycles. The van der Waals surface area contributed by atoms with Crippen LogP contribution in [0, 0.1) is 23.7 Å². The van der Waals surface area contributed by atoms with E-state index >= 15 is 0 Å². The van der Waals surface area contributed by atoms with Crippen LogP contribution in [0.15, 0.2) is 24.5 Å². The summed E-state index contributed by atoms with van der Waals surface area (Å²) in [6.07, 6.45) is -1.84. The Morgan fingerprint density at radius 2 is 1.80 bits per heavy atom. The zero-order valence-corrected chi connectivity index (χ0v) is 30.9. The second kappa shape index (κ2) is 15.9. The maximum Gasteiger partial charge on any atom is 0.407 e. The number of hydrogen-bond donors (Lipinski definition) is 4. The molecule has 0 aliphatic carbocycles. The number of nitrogens with zero attached hydrogens (tertiary/aromatic N) is 2. The molecule has 3 fully saturated rings. The molecule has 3 aliphatic rings. The van der Waals surface area contributed by atoms with Gasteiger partial charge in [0.2, 0.25) is 0 Å². The number of carbonyl (C=O) groups excluding carboxylic acids is 2. The standard InChI is InChI=1S/C36H60N4O9/c1-11-26-36(8)30(37)21(4)28(49-36)19(2)17-35(7,44)31(48-33-27(41)25(40(9)10)16-20(3)45-33)22(5)29(23(6)32(42)46-26)47-34(43)39-18-24-12-14-38-15-13-24/h12-15,19-23,25-31,33,41,44H,11,16-18,37H2,1-10H3,(H,39,43)/t19-,20-,21-,22+,23-,25+,26+,27-,28-,29+,30+,31-,33?,35-,36?/m1/s1. The Balaban J connectivity index is 1.75. The first-order chi connectivity index (χ1) is 22.9. The van der Waals surface area contributed by atoms with Crippen LogP contribution < -0.4 is 11.1 Å². The third-order valence-electron chi connectivity index (χ3n) is 11.2. The topological polar surface area (TPSA) is 175 Å². The molecular formula is C36H60N4O9. The van der Waals surface area contributed by atoms with E-state index in [-0.39, 0.29) is 43.1 Å². The number of rotatable bonds is 7. The summed E-state index contributed by atoms with van der Waals surface area (Å²) in [4.78, 5) is 33.3. The van der Waals surface area contributed by atoms with Gasteiger partial charge >= 0.3 is 12.1 Å². The van der Waals surface area contributed by atoms with Gasteiger partial charge in [-0.05, 0) is 84.7 Å². The second-order valence-electron chi connectivity index (χ2n) is 15.4. The van der Waals surface area contributed by atoms with Crippen molar-refractivity contribution in [1.82, 2.24) is 15.2 Å². The molecule has 1 amide bonds. The van der Waals surface area contributed by atoms with Crippen LogP contribution in [0.5, 0.6) is 0 Å². The van der Waals surface area contributed by atoms with Crippen molar-refractivity contribution in [1.29, 1.82) is 0 Å². The molecule has 13 nitrogen and oxygen atoms in total. The molecule has 0 saturated carbocycles. The van der Waals surface area contributed by atoms with Crippen LogP contribution in [0.4, 0.5) is 4.79 Å². The smallest absolute Gasteiger partial charge is 0.407 e. The van der Waals surface area contributed by atoms with Crippen molar-refractivity contribution in [2.45, 2.75) is 147 Å². The highest BCUT2D eigenvalue weighted by atomic mass is 16.7. The van der Waals surface area contributed by atoms with Crippen molar-refractivity contribution in [3.63, 3.8) is 0 Å². The first-order valence-corrected chi connectivity index (χ1v) is 17.8. The zero-order valence-electron chi connectivity index (χ0n) is 30.9. The van der Waals surface area contributed by atoms with E-state index in [1.807, 2.05) is 53.6 Å². The average molecular weight is 693 g/mol. The Hall–Kier alpha value is -2.39. The summed E-state index contributed by atoms with van der Waals surface area (Å²) in [7, 11) is 3.77. The van der Waals surface area contributed by atoms with Crippen LogP contribution >= 0.6 is 0 Å². The number of nitrogens with one attached hydrogen (secondary N) is 1. The molecule has 2 bridgehead atoms. The first-order valence-electron chi connectivity index (χ1n) is 17.8. The van der Waals surface area contributed by atoms with Gasteiger partial charge in [0.25, 0.3) is 0 Å². The van der Waals surface area contributed by atoms with Crippen LogP contribution in [0.25, 0.3) is 0 Å².